The number of halogens is 3. The summed E-state index contributed by atoms with van der Waals surface area (Å²) in [6.45, 7) is 6.69. The minimum Gasteiger partial charge on any atom is -0.455 e. The van der Waals surface area contributed by atoms with Gasteiger partial charge < -0.3 is 4.42 Å². The van der Waals surface area contributed by atoms with Crippen molar-refractivity contribution in [3.05, 3.63) is 194 Å². The molecular weight excluding hydrogens is 764 g/mol. The van der Waals surface area contributed by atoms with E-state index in [1.165, 1.54) is 17.7 Å². The van der Waals surface area contributed by atoms with Crippen LogP contribution in [-0.2, 0) is 5.41 Å². The molecule has 0 aliphatic carbocycles. The topological polar surface area (TPSA) is 43.9 Å². The molecule has 296 valence electrons. The van der Waals surface area contributed by atoms with E-state index in [9.17, 15) is 13.2 Å². The number of pyridine rings is 1. The Bertz CT molecular complexity index is 3300. The summed E-state index contributed by atoms with van der Waals surface area (Å²) in [5, 5.41) is 3.91. The molecule has 10 aromatic rings. The SMILES string of the molecule is CC(C)(C)c1cc(-c2ccccc2)ccc1-n1ccnc1-c1cc2c(-c3cccc(-c4ccccn4)c3)cccc2c2c1oc1cc(-c3ccc(C(F)=C(F)F)cc3)ccc12. The lowest BCUT2D eigenvalue weighted by molar-refractivity contribution is 0.410. The number of hydrogen-bond acceptors (Lipinski definition) is 3. The maximum absolute atomic E-state index is 14.0. The number of nitrogens with zero attached hydrogens (tertiary/aromatic N) is 3. The maximum Gasteiger partial charge on any atom is 0.306 e. The quantitative estimate of drug-likeness (QED) is 0.161. The Kier molecular flexibility index (Phi) is 9.25. The molecule has 0 unspecified atom stereocenters. The van der Waals surface area contributed by atoms with Crippen molar-refractivity contribution in [3.63, 3.8) is 0 Å². The molecule has 0 saturated heterocycles. The number of furan rings is 1. The van der Waals surface area contributed by atoms with Gasteiger partial charge in [0, 0.05) is 40.5 Å². The molecule has 0 bridgehead atoms. The van der Waals surface area contributed by atoms with Crippen LogP contribution in [0.15, 0.2) is 187 Å². The van der Waals surface area contributed by atoms with Gasteiger partial charge >= 0.3 is 6.08 Å². The summed E-state index contributed by atoms with van der Waals surface area (Å²) in [6, 6.07) is 52.0. The Labute approximate surface area is 350 Å². The van der Waals surface area contributed by atoms with E-state index in [4.69, 9.17) is 9.40 Å². The fourth-order valence-electron chi connectivity index (χ4n) is 8.45. The first-order valence-corrected chi connectivity index (χ1v) is 20.1. The molecule has 0 spiro atoms. The van der Waals surface area contributed by atoms with Gasteiger partial charge in [-0.1, -0.05) is 130 Å². The second-order valence-corrected chi connectivity index (χ2v) is 16.3. The molecule has 10 rings (SSSR count). The fourth-order valence-corrected chi connectivity index (χ4v) is 8.45. The monoisotopic (exact) mass is 801 g/mol. The second-order valence-electron chi connectivity index (χ2n) is 16.3. The van der Waals surface area contributed by atoms with Crippen molar-refractivity contribution >= 4 is 38.5 Å². The summed E-state index contributed by atoms with van der Waals surface area (Å²) in [4.78, 5) is 9.68. The first kappa shape index (κ1) is 37.7. The van der Waals surface area contributed by atoms with E-state index < -0.39 is 11.9 Å². The highest BCUT2D eigenvalue weighted by atomic mass is 19.3. The molecule has 0 atom stereocenters. The predicted molar refractivity (Wildman–Crippen MR) is 242 cm³/mol. The number of fused-ring (bicyclic) bond motifs is 5. The number of rotatable bonds is 7. The molecule has 0 aliphatic rings. The molecule has 3 heterocycles. The van der Waals surface area contributed by atoms with Gasteiger partial charge in [-0.3, -0.25) is 9.55 Å². The van der Waals surface area contributed by atoms with Crippen LogP contribution in [0.3, 0.4) is 0 Å². The molecule has 0 saturated carbocycles. The van der Waals surface area contributed by atoms with Crippen molar-refractivity contribution in [2.24, 2.45) is 0 Å². The summed E-state index contributed by atoms with van der Waals surface area (Å²) < 4.78 is 49.2. The van der Waals surface area contributed by atoms with E-state index in [0.717, 1.165) is 83.3 Å². The lowest BCUT2D eigenvalue weighted by atomic mass is 9.84. The van der Waals surface area contributed by atoms with E-state index in [2.05, 4.69) is 121 Å². The van der Waals surface area contributed by atoms with Gasteiger partial charge in [0.25, 0.3) is 0 Å². The first-order chi connectivity index (χ1) is 29.6. The third kappa shape index (κ3) is 6.78. The zero-order valence-corrected chi connectivity index (χ0v) is 33.6. The van der Waals surface area contributed by atoms with E-state index in [1.54, 1.807) is 18.3 Å². The summed E-state index contributed by atoms with van der Waals surface area (Å²) in [5.74, 6) is -0.798. The third-order valence-electron chi connectivity index (χ3n) is 11.4. The van der Waals surface area contributed by atoms with Crippen LogP contribution < -0.4 is 0 Å². The molecule has 7 heteroatoms. The van der Waals surface area contributed by atoms with E-state index in [1.807, 2.05) is 54.9 Å². The van der Waals surface area contributed by atoms with Gasteiger partial charge in [-0.15, -0.1) is 0 Å². The number of hydrogen-bond donors (Lipinski definition) is 0. The van der Waals surface area contributed by atoms with Crippen LogP contribution in [0.1, 0.15) is 31.9 Å². The third-order valence-corrected chi connectivity index (χ3v) is 11.4. The number of benzene rings is 7. The molecule has 4 nitrogen and oxygen atoms in total. The minimum atomic E-state index is -2.34. The van der Waals surface area contributed by atoms with Gasteiger partial charge in [0.1, 0.15) is 17.0 Å². The van der Waals surface area contributed by atoms with Crippen molar-refractivity contribution in [1.82, 2.24) is 14.5 Å². The van der Waals surface area contributed by atoms with Crippen LogP contribution in [0, 0.1) is 0 Å². The lowest BCUT2D eigenvalue weighted by Gasteiger charge is -2.25. The second kappa shape index (κ2) is 14.9. The van der Waals surface area contributed by atoms with E-state index in [-0.39, 0.29) is 11.0 Å². The molecule has 61 heavy (non-hydrogen) atoms. The molecule has 7 aromatic carbocycles. The van der Waals surface area contributed by atoms with Crippen LogP contribution in [0.25, 0.3) is 100 Å². The average molecular weight is 802 g/mol. The average Bonchev–Trinajstić information content (AvgIpc) is 3.94. The van der Waals surface area contributed by atoms with Gasteiger partial charge in [-0.2, -0.15) is 8.78 Å². The highest BCUT2D eigenvalue weighted by molar-refractivity contribution is 6.24. The van der Waals surface area contributed by atoms with Crippen LogP contribution in [0.4, 0.5) is 13.2 Å². The Morgan fingerprint density at radius 1 is 0.541 bits per heavy atom. The van der Waals surface area contributed by atoms with Crippen molar-refractivity contribution in [2.75, 3.05) is 0 Å². The molecule has 0 fully saturated rings. The van der Waals surface area contributed by atoms with Gasteiger partial charge in [0.2, 0.25) is 0 Å². The zero-order chi connectivity index (χ0) is 41.8. The Hall–Kier alpha value is -7.51. The van der Waals surface area contributed by atoms with Gasteiger partial charge in [-0.05, 0) is 104 Å². The largest absolute Gasteiger partial charge is 0.455 e. The van der Waals surface area contributed by atoms with Gasteiger partial charge in [0.15, 0.2) is 5.83 Å². The Balaban J connectivity index is 1.21. The smallest absolute Gasteiger partial charge is 0.306 e. The van der Waals surface area contributed by atoms with Gasteiger partial charge in [0.05, 0.1) is 16.9 Å². The summed E-state index contributed by atoms with van der Waals surface area (Å²) >= 11 is 0. The summed E-state index contributed by atoms with van der Waals surface area (Å²) in [5.41, 5.74) is 11.8. The molecule has 3 aromatic heterocycles. The Morgan fingerprint density at radius 2 is 1.25 bits per heavy atom. The fraction of sp³-hybridized carbons (Fsp3) is 0.0741. The highest BCUT2D eigenvalue weighted by Crippen LogP contribution is 2.45. The van der Waals surface area contributed by atoms with Crippen LogP contribution >= 0.6 is 0 Å². The van der Waals surface area contributed by atoms with E-state index in [0.29, 0.717) is 11.2 Å². The predicted octanol–water partition coefficient (Wildman–Crippen LogP) is 15.5. The van der Waals surface area contributed by atoms with Crippen molar-refractivity contribution in [2.45, 2.75) is 26.2 Å². The number of imidazole rings is 1. The summed E-state index contributed by atoms with van der Waals surface area (Å²) in [6.07, 6.45) is 3.31. The molecule has 0 N–H and O–H groups in total. The minimum absolute atomic E-state index is 0.175. The van der Waals surface area contributed by atoms with Crippen molar-refractivity contribution in [1.29, 1.82) is 0 Å². The molecule has 0 aliphatic heterocycles. The summed E-state index contributed by atoms with van der Waals surface area (Å²) in [7, 11) is 0. The molecule has 0 radical (unpaired) electrons. The lowest BCUT2D eigenvalue weighted by Crippen LogP contribution is -2.15. The van der Waals surface area contributed by atoms with E-state index >= 15 is 0 Å². The maximum atomic E-state index is 14.0. The molecular formula is C54H38F3N3O. The van der Waals surface area contributed by atoms with Crippen LogP contribution in [0.5, 0.6) is 0 Å². The normalized spacial score (nSPS) is 11.8. The number of aromatic nitrogens is 3. The molecule has 0 amide bonds. The Morgan fingerprint density at radius 3 is 2.02 bits per heavy atom. The highest BCUT2D eigenvalue weighted by Gasteiger charge is 2.25. The standard InChI is InChI=1S/C54H38F3N3O/c1-54(2,3)45-30-36(33-11-5-4-6-12-33)23-25-47(45)60-28-27-59-53(60)44-32-43-40(38-13-9-14-39(29-38)46-17-7-8-26-58-46)15-10-16-41(43)49-42-24-22-37(31-48(42)61-51(44)49)34-18-20-35(21-19-34)50(55)52(56)57/h4-32H,1-3H3. The first-order valence-electron chi connectivity index (χ1n) is 20.1. The van der Waals surface area contributed by atoms with Crippen molar-refractivity contribution < 1.29 is 17.6 Å². The van der Waals surface area contributed by atoms with Crippen LogP contribution in [0.2, 0.25) is 0 Å². The van der Waals surface area contributed by atoms with Crippen molar-refractivity contribution in [3.8, 4) is 61.7 Å². The van der Waals surface area contributed by atoms with Gasteiger partial charge in [-0.25, -0.2) is 9.37 Å². The zero-order valence-electron chi connectivity index (χ0n) is 33.6. The van der Waals surface area contributed by atoms with Crippen LogP contribution in [-0.4, -0.2) is 14.5 Å².